The molecule has 1 N–H and O–H groups in total. The zero-order chi connectivity index (χ0) is 21.2. The molecule has 0 aliphatic heterocycles. The lowest BCUT2D eigenvalue weighted by molar-refractivity contribution is -0.143. The van der Waals surface area contributed by atoms with E-state index in [9.17, 15) is 14.0 Å². The van der Waals surface area contributed by atoms with Gasteiger partial charge in [0.1, 0.15) is 5.82 Å². The fourth-order valence-electron chi connectivity index (χ4n) is 3.18. The molecule has 1 amide bonds. The number of ether oxygens (including phenoxy) is 1. The Kier molecular flexibility index (Phi) is 14.7. The van der Waals surface area contributed by atoms with E-state index in [1.807, 2.05) is 0 Å². The molecule has 0 saturated carbocycles. The molecular formula is C24H38FNO3. The SMILES string of the molecule is CCCCCCCCCCCCCCOC(=O)CCNC(=O)c1ccc(F)cc1. The number of rotatable bonds is 17. The first-order valence-electron chi connectivity index (χ1n) is 11.3. The summed E-state index contributed by atoms with van der Waals surface area (Å²) >= 11 is 0. The van der Waals surface area contributed by atoms with Crippen LogP contribution in [0.25, 0.3) is 0 Å². The molecule has 0 heterocycles. The Hall–Kier alpha value is -1.91. The van der Waals surface area contributed by atoms with E-state index in [-0.39, 0.29) is 30.7 Å². The maximum Gasteiger partial charge on any atom is 0.307 e. The predicted molar refractivity (Wildman–Crippen MR) is 115 cm³/mol. The zero-order valence-corrected chi connectivity index (χ0v) is 18.0. The Labute approximate surface area is 175 Å². The Morgan fingerprint density at radius 3 is 1.90 bits per heavy atom. The summed E-state index contributed by atoms with van der Waals surface area (Å²) in [5, 5.41) is 2.64. The number of esters is 1. The number of unbranched alkanes of at least 4 members (excludes halogenated alkanes) is 11. The van der Waals surface area contributed by atoms with Gasteiger partial charge >= 0.3 is 5.97 Å². The van der Waals surface area contributed by atoms with Crippen molar-refractivity contribution in [2.45, 2.75) is 90.4 Å². The monoisotopic (exact) mass is 407 g/mol. The van der Waals surface area contributed by atoms with Gasteiger partial charge in [0.25, 0.3) is 5.91 Å². The number of hydrogen-bond donors (Lipinski definition) is 1. The summed E-state index contributed by atoms with van der Waals surface area (Å²) in [5.41, 5.74) is 0.372. The van der Waals surface area contributed by atoms with Crippen molar-refractivity contribution in [2.24, 2.45) is 0 Å². The second-order valence-corrected chi connectivity index (χ2v) is 7.62. The molecular weight excluding hydrogens is 369 g/mol. The van der Waals surface area contributed by atoms with Gasteiger partial charge in [-0.15, -0.1) is 0 Å². The highest BCUT2D eigenvalue weighted by Gasteiger charge is 2.07. The van der Waals surface area contributed by atoms with Gasteiger partial charge < -0.3 is 10.1 Å². The molecule has 0 unspecified atom stereocenters. The maximum absolute atomic E-state index is 12.8. The van der Waals surface area contributed by atoms with Crippen LogP contribution in [0.2, 0.25) is 0 Å². The van der Waals surface area contributed by atoms with Gasteiger partial charge in [0.2, 0.25) is 0 Å². The number of halogens is 1. The Morgan fingerprint density at radius 1 is 0.828 bits per heavy atom. The van der Waals surface area contributed by atoms with Crippen molar-refractivity contribution in [1.29, 1.82) is 0 Å². The fourth-order valence-corrected chi connectivity index (χ4v) is 3.18. The minimum absolute atomic E-state index is 0.144. The van der Waals surface area contributed by atoms with Crippen LogP contribution in [0.1, 0.15) is 101 Å². The Balaban J connectivity index is 1.88. The van der Waals surface area contributed by atoms with E-state index in [0.29, 0.717) is 12.2 Å². The third-order valence-electron chi connectivity index (χ3n) is 4.98. The Morgan fingerprint density at radius 2 is 1.34 bits per heavy atom. The van der Waals surface area contributed by atoms with E-state index in [2.05, 4.69) is 12.2 Å². The van der Waals surface area contributed by atoms with E-state index in [4.69, 9.17) is 4.74 Å². The van der Waals surface area contributed by atoms with E-state index in [1.54, 1.807) is 0 Å². The molecule has 0 aromatic heterocycles. The molecule has 4 nitrogen and oxygen atoms in total. The van der Waals surface area contributed by atoms with Crippen molar-refractivity contribution in [2.75, 3.05) is 13.2 Å². The largest absolute Gasteiger partial charge is 0.466 e. The first kappa shape index (κ1) is 25.1. The van der Waals surface area contributed by atoms with Crippen molar-refractivity contribution in [3.63, 3.8) is 0 Å². The minimum Gasteiger partial charge on any atom is -0.466 e. The molecule has 1 aromatic rings. The van der Waals surface area contributed by atoms with Crippen molar-refractivity contribution in [3.05, 3.63) is 35.6 Å². The van der Waals surface area contributed by atoms with Crippen LogP contribution in [0.4, 0.5) is 4.39 Å². The quantitative estimate of drug-likeness (QED) is 0.247. The van der Waals surface area contributed by atoms with Crippen LogP contribution in [-0.2, 0) is 9.53 Å². The fraction of sp³-hybridized carbons (Fsp3) is 0.667. The van der Waals surface area contributed by atoms with Crippen LogP contribution in [-0.4, -0.2) is 25.0 Å². The van der Waals surface area contributed by atoms with Crippen molar-refractivity contribution in [3.8, 4) is 0 Å². The van der Waals surface area contributed by atoms with Crippen molar-refractivity contribution >= 4 is 11.9 Å². The second-order valence-electron chi connectivity index (χ2n) is 7.62. The lowest BCUT2D eigenvalue weighted by Gasteiger charge is -2.07. The van der Waals surface area contributed by atoms with Crippen LogP contribution >= 0.6 is 0 Å². The topological polar surface area (TPSA) is 55.4 Å². The molecule has 0 saturated heterocycles. The van der Waals surface area contributed by atoms with Gasteiger partial charge in [-0.2, -0.15) is 0 Å². The number of nitrogens with one attached hydrogen (secondary N) is 1. The van der Waals surface area contributed by atoms with Gasteiger partial charge in [0.15, 0.2) is 0 Å². The number of carbonyl (C=O) groups is 2. The highest BCUT2D eigenvalue weighted by atomic mass is 19.1. The van der Waals surface area contributed by atoms with Crippen LogP contribution in [0, 0.1) is 5.82 Å². The Bertz CT molecular complexity index is 560. The normalized spacial score (nSPS) is 10.7. The molecule has 5 heteroatoms. The van der Waals surface area contributed by atoms with Gasteiger partial charge in [-0.25, -0.2) is 4.39 Å². The van der Waals surface area contributed by atoms with Crippen LogP contribution < -0.4 is 5.32 Å². The molecule has 0 aliphatic rings. The molecule has 164 valence electrons. The number of benzene rings is 1. The average Bonchev–Trinajstić information content (AvgIpc) is 2.72. The van der Waals surface area contributed by atoms with E-state index in [0.717, 1.165) is 12.8 Å². The number of carbonyl (C=O) groups excluding carboxylic acids is 2. The average molecular weight is 408 g/mol. The summed E-state index contributed by atoms with van der Waals surface area (Å²) in [7, 11) is 0. The standard InChI is InChI=1S/C24H38FNO3/c1-2-3-4-5-6-7-8-9-10-11-12-13-20-29-23(27)18-19-26-24(28)21-14-16-22(25)17-15-21/h14-17H,2-13,18-20H2,1H3,(H,26,28). The van der Waals surface area contributed by atoms with E-state index < -0.39 is 0 Å². The van der Waals surface area contributed by atoms with Crippen molar-refractivity contribution in [1.82, 2.24) is 5.32 Å². The summed E-state index contributed by atoms with van der Waals surface area (Å²) < 4.78 is 18.0. The third-order valence-corrected chi connectivity index (χ3v) is 4.98. The van der Waals surface area contributed by atoms with E-state index >= 15 is 0 Å². The van der Waals surface area contributed by atoms with Crippen LogP contribution in [0.5, 0.6) is 0 Å². The number of hydrogen-bond acceptors (Lipinski definition) is 3. The molecule has 1 aromatic carbocycles. The summed E-state index contributed by atoms with van der Waals surface area (Å²) in [4.78, 5) is 23.5. The molecule has 0 fully saturated rings. The second kappa shape index (κ2) is 17.0. The van der Waals surface area contributed by atoms with Gasteiger partial charge in [-0.1, -0.05) is 77.6 Å². The molecule has 0 bridgehead atoms. The summed E-state index contributed by atoms with van der Waals surface area (Å²) in [6.07, 6.45) is 15.4. The van der Waals surface area contributed by atoms with Gasteiger partial charge in [0, 0.05) is 12.1 Å². The molecule has 0 spiro atoms. The van der Waals surface area contributed by atoms with Crippen LogP contribution in [0.15, 0.2) is 24.3 Å². The lowest BCUT2D eigenvalue weighted by Crippen LogP contribution is -2.26. The first-order chi connectivity index (χ1) is 14.1. The van der Waals surface area contributed by atoms with Gasteiger partial charge in [0.05, 0.1) is 13.0 Å². The van der Waals surface area contributed by atoms with Crippen LogP contribution in [0.3, 0.4) is 0 Å². The third kappa shape index (κ3) is 13.8. The highest BCUT2D eigenvalue weighted by molar-refractivity contribution is 5.94. The summed E-state index contributed by atoms with van der Waals surface area (Å²) in [6, 6.07) is 5.29. The predicted octanol–water partition coefficient (Wildman–Crippen LogP) is 6.19. The first-order valence-corrected chi connectivity index (χ1v) is 11.3. The molecule has 1 rings (SSSR count). The molecule has 0 radical (unpaired) electrons. The molecule has 0 aliphatic carbocycles. The van der Waals surface area contributed by atoms with E-state index in [1.165, 1.54) is 88.5 Å². The molecule has 0 atom stereocenters. The van der Waals surface area contributed by atoms with Gasteiger partial charge in [-0.3, -0.25) is 9.59 Å². The van der Waals surface area contributed by atoms with Gasteiger partial charge in [-0.05, 0) is 30.7 Å². The lowest BCUT2D eigenvalue weighted by atomic mass is 10.1. The summed E-state index contributed by atoms with van der Waals surface area (Å²) in [5.74, 6) is -1.01. The zero-order valence-electron chi connectivity index (χ0n) is 18.0. The maximum atomic E-state index is 12.8. The number of amides is 1. The molecule has 29 heavy (non-hydrogen) atoms. The smallest absolute Gasteiger partial charge is 0.307 e. The van der Waals surface area contributed by atoms with Crippen molar-refractivity contribution < 1.29 is 18.7 Å². The minimum atomic E-state index is -0.386. The highest BCUT2D eigenvalue weighted by Crippen LogP contribution is 2.12. The summed E-state index contributed by atoms with van der Waals surface area (Å²) in [6.45, 7) is 2.91.